The zero-order valence-electron chi connectivity index (χ0n) is 15.4. The van der Waals surface area contributed by atoms with E-state index in [1.54, 1.807) is 12.1 Å². The van der Waals surface area contributed by atoms with Gasteiger partial charge in [-0.3, -0.25) is 14.4 Å². The van der Waals surface area contributed by atoms with Gasteiger partial charge >= 0.3 is 17.8 Å². The van der Waals surface area contributed by atoms with Gasteiger partial charge in [0.25, 0.3) is 0 Å². The van der Waals surface area contributed by atoms with Gasteiger partial charge in [-0.25, -0.2) is 14.6 Å². The number of amides is 5. The number of nitrogens with zero attached hydrogens (tertiary/aromatic N) is 2. The first-order chi connectivity index (χ1) is 12.9. The molecule has 2 atom stereocenters. The minimum absolute atomic E-state index is 0.0347. The lowest BCUT2D eigenvalue weighted by Crippen LogP contribution is -2.47. The van der Waals surface area contributed by atoms with E-state index in [1.165, 1.54) is 19.2 Å². The average Bonchev–Trinajstić information content (AvgIpc) is 2.87. The molecule has 5 amide bonds. The lowest BCUT2D eigenvalue weighted by Gasteiger charge is -2.29. The number of rotatable bonds is 5. The SMILES string of the molecule is COc1ccc(N2C(=O)C(=O)N(CC(=O)N[C@@H]3CCCC[C@@H]3C)C2=O)cc1. The van der Waals surface area contributed by atoms with Crippen LogP contribution in [-0.2, 0) is 14.4 Å². The molecule has 2 aliphatic rings. The van der Waals surface area contributed by atoms with E-state index in [9.17, 15) is 19.2 Å². The Labute approximate surface area is 157 Å². The van der Waals surface area contributed by atoms with Crippen LogP contribution in [0.25, 0.3) is 0 Å². The highest BCUT2D eigenvalue weighted by molar-refractivity contribution is 6.53. The van der Waals surface area contributed by atoms with Crippen LogP contribution >= 0.6 is 0 Å². The molecule has 144 valence electrons. The molecule has 0 spiro atoms. The van der Waals surface area contributed by atoms with Crippen molar-refractivity contribution < 1.29 is 23.9 Å². The highest BCUT2D eigenvalue weighted by Crippen LogP contribution is 2.25. The Morgan fingerprint density at radius 3 is 2.41 bits per heavy atom. The Kier molecular flexibility index (Phi) is 5.43. The van der Waals surface area contributed by atoms with Crippen LogP contribution in [0.2, 0.25) is 0 Å². The van der Waals surface area contributed by atoms with Gasteiger partial charge in [-0.05, 0) is 43.0 Å². The normalized spacial score (nSPS) is 23.0. The highest BCUT2D eigenvalue weighted by Gasteiger charge is 2.46. The average molecular weight is 373 g/mol. The lowest BCUT2D eigenvalue weighted by molar-refractivity contribution is -0.140. The number of methoxy groups -OCH3 is 1. The van der Waals surface area contributed by atoms with Crippen LogP contribution in [0.1, 0.15) is 32.6 Å². The summed E-state index contributed by atoms with van der Waals surface area (Å²) in [5.41, 5.74) is 0.253. The summed E-state index contributed by atoms with van der Waals surface area (Å²) in [4.78, 5) is 50.9. The molecule has 0 bridgehead atoms. The zero-order valence-corrected chi connectivity index (χ0v) is 15.4. The van der Waals surface area contributed by atoms with Crippen LogP contribution in [0.4, 0.5) is 10.5 Å². The van der Waals surface area contributed by atoms with Gasteiger partial charge in [0.2, 0.25) is 5.91 Å². The summed E-state index contributed by atoms with van der Waals surface area (Å²) < 4.78 is 5.04. The predicted molar refractivity (Wildman–Crippen MR) is 97.2 cm³/mol. The molecule has 1 saturated carbocycles. The quantitative estimate of drug-likeness (QED) is 0.626. The molecule has 1 aliphatic carbocycles. The van der Waals surface area contributed by atoms with Crippen LogP contribution in [0.5, 0.6) is 5.75 Å². The number of carbonyl (C=O) groups excluding carboxylic acids is 4. The van der Waals surface area contributed by atoms with Gasteiger partial charge in [-0.1, -0.05) is 19.8 Å². The summed E-state index contributed by atoms with van der Waals surface area (Å²) in [6.07, 6.45) is 4.10. The summed E-state index contributed by atoms with van der Waals surface area (Å²) in [5.74, 6) is -1.49. The van der Waals surface area contributed by atoms with Crippen molar-refractivity contribution in [3.63, 3.8) is 0 Å². The number of nitrogens with one attached hydrogen (secondary N) is 1. The number of hydrogen-bond donors (Lipinski definition) is 1. The van der Waals surface area contributed by atoms with Crippen molar-refractivity contribution >= 4 is 29.4 Å². The predicted octanol–water partition coefficient (Wildman–Crippen LogP) is 1.69. The van der Waals surface area contributed by atoms with Gasteiger partial charge in [-0.15, -0.1) is 0 Å². The third-order valence-electron chi connectivity index (χ3n) is 5.14. The molecule has 0 unspecified atom stereocenters. The molecule has 8 heteroatoms. The second-order valence-electron chi connectivity index (χ2n) is 6.95. The molecule has 1 saturated heterocycles. The first kappa shape index (κ1) is 18.9. The van der Waals surface area contributed by atoms with E-state index >= 15 is 0 Å². The van der Waals surface area contributed by atoms with Crippen molar-refractivity contribution in [1.82, 2.24) is 10.2 Å². The lowest BCUT2D eigenvalue weighted by atomic mass is 9.86. The fourth-order valence-corrected chi connectivity index (χ4v) is 3.53. The number of urea groups is 1. The summed E-state index contributed by atoms with van der Waals surface area (Å²) in [5, 5.41) is 2.89. The monoisotopic (exact) mass is 373 g/mol. The van der Waals surface area contributed by atoms with Crippen LogP contribution in [0.15, 0.2) is 24.3 Å². The van der Waals surface area contributed by atoms with Crippen LogP contribution in [0, 0.1) is 5.92 Å². The second-order valence-corrected chi connectivity index (χ2v) is 6.95. The van der Waals surface area contributed by atoms with Gasteiger partial charge < -0.3 is 10.1 Å². The molecule has 1 aromatic rings. The minimum Gasteiger partial charge on any atom is -0.497 e. The highest BCUT2D eigenvalue weighted by atomic mass is 16.5. The topological polar surface area (TPSA) is 96.0 Å². The number of carbonyl (C=O) groups is 4. The van der Waals surface area contributed by atoms with Crippen molar-refractivity contribution in [2.45, 2.75) is 38.6 Å². The smallest absolute Gasteiger partial charge is 0.339 e. The van der Waals surface area contributed by atoms with E-state index < -0.39 is 30.3 Å². The van der Waals surface area contributed by atoms with Gasteiger partial charge in [0, 0.05) is 6.04 Å². The summed E-state index contributed by atoms with van der Waals surface area (Å²) in [6, 6.07) is 5.40. The van der Waals surface area contributed by atoms with Gasteiger partial charge in [-0.2, -0.15) is 0 Å². The Morgan fingerprint density at radius 2 is 1.78 bits per heavy atom. The molecule has 1 aromatic carbocycles. The molecule has 1 heterocycles. The van der Waals surface area contributed by atoms with E-state index in [4.69, 9.17) is 4.74 Å². The molecular formula is C19H23N3O5. The van der Waals surface area contributed by atoms with Crippen molar-refractivity contribution in [2.24, 2.45) is 5.92 Å². The zero-order chi connectivity index (χ0) is 19.6. The maximum atomic E-state index is 12.6. The molecule has 1 aliphatic heterocycles. The van der Waals surface area contributed by atoms with Crippen LogP contribution in [-0.4, -0.2) is 48.3 Å². The second kappa shape index (κ2) is 7.77. The third-order valence-corrected chi connectivity index (χ3v) is 5.14. The van der Waals surface area contributed by atoms with Crippen molar-refractivity contribution in [3.05, 3.63) is 24.3 Å². The van der Waals surface area contributed by atoms with Gasteiger partial charge in [0.1, 0.15) is 12.3 Å². The Bertz CT molecular complexity index is 761. The Hall–Kier alpha value is -2.90. The standard InChI is InChI=1S/C19H23N3O5/c1-12-5-3-4-6-15(12)20-16(23)11-21-17(24)18(25)22(19(21)26)13-7-9-14(27-2)10-8-13/h7-10,12,15H,3-6,11H2,1-2H3,(H,20,23)/t12-,15+/m0/s1. The number of ether oxygens (including phenoxy) is 1. The maximum absolute atomic E-state index is 12.6. The fourth-order valence-electron chi connectivity index (χ4n) is 3.53. The maximum Gasteiger partial charge on any atom is 0.339 e. The summed E-state index contributed by atoms with van der Waals surface area (Å²) in [6.45, 7) is 1.62. The van der Waals surface area contributed by atoms with E-state index in [-0.39, 0.29) is 11.7 Å². The van der Waals surface area contributed by atoms with Crippen molar-refractivity contribution in [2.75, 3.05) is 18.6 Å². The molecule has 2 fully saturated rings. The number of benzene rings is 1. The largest absolute Gasteiger partial charge is 0.497 e. The number of hydrogen-bond acceptors (Lipinski definition) is 5. The molecule has 3 rings (SSSR count). The van der Waals surface area contributed by atoms with E-state index in [2.05, 4.69) is 12.2 Å². The van der Waals surface area contributed by atoms with Crippen molar-refractivity contribution in [3.8, 4) is 5.75 Å². The molecule has 27 heavy (non-hydrogen) atoms. The number of anilines is 1. The van der Waals surface area contributed by atoms with Crippen LogP contribution in [0.3, 0.4) is 0 Å². The van der Waals surface area contributed by atoms with E-state index in [0.29, 0.717) is 16.6 Å². The molecule has 0 radical (unpaired) electrons. The minimum atomic E-state index is -0.998. The third kappa shape index (κ3) is 3.79. The van der Waals surface area contributed by atoms with Crippen LogP contribution < -0.4 is 15.0 Å². The summed E-state index contributed by atoms with van der Waals surface area (Å²) >= 11 is 0. The Balaban J connectivity index is 1.69. The first-order valence-corrected chi connectivity index (χ1v) is 9.05. The molecule has 1 N–H and O–H groups in total. The van der Waals surface area contributed by atoms with Crippen molar-refractivity contribution in [1.29, 1.82) is 0 Å². The molecule has 0 aromatic heterocycles. The van der Waals surface area contributed by atoms with E-state index in [0.717, 1.165) is 30.6 Å². The first-order valence-electron chi connectivity index (χ1n) is 9.05. The fraction of sp³-hybridized carbons (Fsp3) is 0.474. The van der Waals surface area contributed by atoms with E-state index in [1.807, 2.05) is 0 Å². The molecule has 8 nitrogen and oxygen atoms in total. The summed E-state index contributed by atoms with van der Waals surface area (Å²) in [7, 11) is 1.50. The number of imide groups is 2. The van der Waals surface area contributed by atoms with Gasteiger partial charge in [0.15, 0.2) is 0 Å². The molecular weight excluding hydrogens is 350 g/mol. The van der Waals surface area contributed by atoms with Gasteiger partial charge in [0.05, 0.1) is 12.8 Å². The Morgan fingerprint density at radius 1 is 1.11 bits per heavy atom.